The summed E-state index contributed by atoms with van der Waals surface area (Å²) in [5.74, 6) is -1.56. The van der Waals surface area contributed by atoms with Gasteiger partial charge in [0.2, 0.25) is 0 Å². The van der Waals surface area contributed by atoms with Crippen LogP contribution in [0.1, 0.15) is 18.0 Å². The number of ether oxygens (including phenoxy) is 1. The summed E-state index contributed by atoms with van der Waals surface area (Å²) in [6, 6.07) is 4.10. The minimum absolute atomic E-state index is 0.181. The van der Waals surface area contributed by atoms with Gasteiger partial charge in [0.05, 0.1) is 12.5 Å². The number of urea groups is 2. The molecule has 1 aromatic carbocycles. The highest BCUT2D eigenvalue weighted by Crippen LogP contribution is 2.19. The van der Waals surface area contributed by atoms with Gasteiger partial charge >= 0.3 is 18.0 Å². The van der Waals surface area contributed by atoms with E-state index in [9.17, 15) is 19.2 Å². The zero-order valence-corrected chi connectivity index (χ0v) is 14.5. The molecule has 0 saturated heterocycles. The van der Waals surface area contributed by atoms with Crippen molar-refractivity contribution in [2.45, 2.75) is 12.5 Å². The van der Waals surface area contributed by atoms with Gasteiger partial charge in [0, 0.05) is 11.6 Å². The second-order valence-corrected chi connectivity index (χ2v) is 5.46. The largest absolute Gasteiger partial charge is 0.455 e. The monoisotopic (exact) mass is 382 g/mol. The molecule has 140 valence electrons. The molecular weight excluding hydrogens is 364 g/mol. The second-order valence-electron chi connectivity index (χ2n) is 5.02. The number of primary amides is 1. The van der Waals surface area contributed by atoms with Gasteiger partial charge in [-0.25, -0.2) is 9.59 Å². The van der Waals surface area contributed by atoms with Crippen molar-refractivity contribution in [3.63, 3.8) is 0 Å². The lowest BCUT2D eigenvalue weighted by molar-refractivity contribution is -0.148. The van der Waals surface area contributed by atoms with Crippen LogP contribution in [0.2, 0.25) is 5.02 Å². The van der Waals surface area contributed by atoms with E-state index in [2.05, 4.69) is 17.2 Å². The fourth-order valence-electron chi connectivity index (χ4n) is 1.86. The molecule has 0 aliphatic rings. The van der Waals surface area contributed by atoms with Gasteiger partial charge in [0.1, 0.15) is 0 Å². The Morgan fingerprint density at radius 2 is 1.88 bits per heavy atom. The van der Waals surface area contributed by atoms with E-state index in [0.717, 1.165) is 0 Å². The summed E-state index contributed by atoms with van der Waals surface area (Å²) in [5.41, 5.74) is 5.69. The number of halogens is 1. The minimum atomic E-state index is -0.825. The van der Waals surface area contributed by atoms with E-state index in [1.165, 1.54) is 6.08 Å². The van der Waals surface area contributed by atoms with Gasteiger partial charge in [-0.05, 0) is 17.7 Å². The molecule has 0 radical (unpaired) electrons. The van der Waals surface area contributed by atoms with Crippen LogP contribution in [0.15, 0.2) is 36.9 Å². The maximum atomic E-state index is 11.9. The number of rotatable bonds is 8. The Morgan fingerprint density at radius 1 is 1.23 bits per heavy atom. The van der Waals surface area contributed by atoms with E-state index in [1.807, 2.05) is 5.32 Å². The van der Waals surface area contributed by atoms with E-state index in [4.69, 9.17) is 22.1 Å². The summed E-state index contributed by atoms with van der Waals surface area (Å²) >= 11 is 5.80. The molecule has 0 unspecified atom stereocenters. The molecule has 1 rings (SSSR count). The Labute approximate surface area is 154 Å². The van der Waals surface area contributed by atoms with Gasteiger partial charge in [-0.2, -0.15) is 0 Å². The highest BCUT2D eigenvalue weighted by molar-refractivity contribution is 6.30. The first-order chi connectivity index (χ1) is 12.3. The number of carbonyl (C=O) groups is 4. The number of amides is 5. The molecule has 0 bridgehead atoms. The molecule has 0 aromatic heterocycles. The van der Waals surface area contributed by atoms with Gasteiger partial charge in [0.25, 0.3) is 5.91 Å². The lowest BCUT2D eigenvalue weighted by Gasteiger charge is -2.17. The Morgan fingerprint density at radius 3 is 2.46 bits per heavy atom. The maximum absolute atomic E-state index is 11.9. The number of benzene rings is 1. The summed E-state index contributed by atoms with van der Waals surface area (Å²) in [6.45, 7) is 2.94. The molecule has 26 heavy (non-hydrogen) atoms. The quantitative estimate of drug-likeness (QED) is 0.392. The first-order valence-corrected chi connectivity index (χ1v) is 7.85. The van der Waals surface area contributed by atoms with Crippen LogP contribution in [0.4, 0.5) is 9.59 Å². The van der Waals surface area contributed by atoms with Gasteiger partial charge < -0.3 is 21.1 Å². The van der Waals surface area contributed by atoms with E-state index in [0.29, 0.717) is 10.6 Å². The normalized spacial score (nSPS) is 11.0. The molecule has 1 atom stereocenters. The molecule has 0 aliphatic carbocycles. The minimum Gasteiger partial charge on any atom is -0.455 e. The average Bonchev–Trinajstić information content (AvgIpc) is 2.58. The first kappa shape index (κ1) is 21.0. The third-order valence-electron chi connectivity index (χ3n) is 2.98. The molecule has 5 amide bonds. The van der Waals surface area contributed by atoms with Crippen molar-refractivity contribution in [1.29, 1.82) is 0 Å². The Balaban J connectivity index is 2.54. The highest BCUT2D eigenvalue weighted by Gasteiger charge is 2.19. The van der Waals surface area contributed by atoms with Crippen molar-refractivity contribution in [3.8, 4) is 0 Å². The molecule has 5 N–H and O–H groups in total. The zero-order chi connectivity index (χ0) is 19.5. The lowest BCUT2D eigenvalue weighted by Crippen LogP contribution is -2.41. The predicted molar refractivity (Wildman–Crippen MR) is 94.2 cm³/mol. The average molecular weight is 383 g/mol. The molecule has 10 heteroatoms. The third kappa shape index (κ3) is 8.15. The number of carbonyl (C=O) groups excluding carboxylic acids is 4. The maximum Gasteiger partial charge on any atom is 0.321 e. The molecule has 0 saturated carbocycles. The predicted octanol–water partition coefficient (Wildman–Crippen LogP) is 0.994. The molecule has 0 heterocycles. The SMILES string of the molecule is C=CCNC(=O)NC(=O)COC(=O)C[C@@H](NC(N)=O)c1ccc(Cl)cc1. The Hall–Kier alpha value is -3.07. The van der Waals surface area contributed by atoms with E-state index in [1.54, 1.807) is 24.3 Å². The van der Waals surface area contributed by atoms with Gasteiger partial charge in [0.15, 0.2) is 6.61 Å². The fraction of sp³-hybridized carbons (Fsp3) is 0.250. The van der Waals surface area contributed by atoms with Crippen LogP contribution in [0.3, 0.4) is 0 Å². The highest BCUT2D eigenvalue weighted by atomic mass is 35.5. The smallest absolute Gasteiger partial charge is 0.321 e. The number of nitrogens with one attached hydrogen (secondary N) is 3. The van der Waals surface area contributed by atoms with Gasteiger partial charge in [-0.1, -0.05) is 29.8 Å². The zero-order valence-electron chi connectivity index (χ0n) is 13.8. The molecule has 1 aromatic rings. The first-order valence-electron chi connectivity index (χ1n) is 7.47. The third-order valence-corrected chi connectivity index (χ3v) is 3.24. The van der Waals surface area contributed by atoms with E-state index < -0.39 is 36.6 Å². The summed E-state index contributed by atoms with van der Waals surface area (Å²) < 4.78 is 4.80. The Bertz CT molecular complexity index is 678. The summed E-state index contributed by atoms with van der Waals surface area (Å²) in [6.07, 6.45) is 1.17. The van der Waals surface area contributed by atoms with E-state index >= 15 is 0 Å². The summed E-state index contributed by atoms with van der Waals surface area (Å²) in [5, 5.41) is 7.20. The topological polar surface area (TPSA) is 140 Å². The molecule has 0 fully saturated rings. The van der Waals surface area contributed by atoms with Crippen LogP contribution in [0.25, 0.3) is 0 Å². The van der Waals surface area contributed by atoms with Crippen LogP contribution >= 0.6 is 11.6 Å². The molecule has 9 nitrogen and oxygen atoms in total. The number of nitrogens with two attached hydrogens (primary N) is 1. The second kappa shape index (κ2) is 10.7. The van der Waals surface area contributed by atoms with Crippen LogP contribution in [0.5, 0.6) is 0 Å². The molecule has 0 spiro atoms. The molecular formula is C16H19ClN4O5. The van der Waals surface area contributed by atoms with Crippen molar-refractivity contribution < 1.29 is 23.9 Å². The van der Waals surface area contributed by atoms with Crippen LogP contribution < -0.4 is 21.7 Å². The number of hydrogen-bond donors (Lipinski definition) is 4. The standard InChI is InChI=1S/C16H19ClN4O5/c1-2-7-19-16(25)21-13(22)9-26-14(23)8-12(20-15(18)24)10-3-5-11(17)6-4-10/h2-6,12H,1,7-9H2,(H3,18,20,24)(H2,19,21,22,25)/t12-/m1/s1. The van der Waals surface area contributed by atoms with Crippen molar-refractivity contribution in [2.75, 3.05) is 13.2 Å². The Kier molecular flexibility index (Phi) is 8.65. The van der Waals surface area contributed by atoms with Gasteiger partial charge in [-0.3, -0.25) is 14.9 Å². The number of esters is 1. The van der Waals surface area contributed by atoms with Crippen molar-refractivity contribution in [3.05, 3.63) is 47.5 Å². The molecule has 0 aliphatic heterocycles. The summed E-state index contributed by atoms with van der Waals surface area (Å²) in [7, 11) is 0. The van der Waals surface area contributed by atoms with Crippen LogP contribution in [-0.4, -0.2) is 37.1 Å². The summed E-state index contributed by atoms with van der Waals surface area (Å²) in [4.78, 5) is 45.8. The van der Waals surface area contributed by atoms with Crippen LogP contribution in [-0.2, 0) is 14.3 Å². The number of hydrogen-bond acceptors (Lipinski definition) is 5. The van der Waals surface area contributed by atoms with Crippen molar-refractivity contribution in [2.24, 2.45) is 5.73 Å². The van der Waals surface area contributed by atoms with Crippen molar-refractivity contribution >= 4 is 35.5 Å². The van der Waals surface area contributed by atoms with Crippen LogP contribution in [0, 0.1) is 0 Å². The van der Waals surface area contributed by atoms with Crippen molar-refractivity contribution in [1.82, 2.24) is 16.0 Å². The number of imide groups is 1. The van der Waals surface area contributed by atoms with E-state index in [-0.39, 0.29) is 13.0 Å². The fourth-order valence-corrected chi connectivity index (χ4v) is 1.99. The lowest BCUT2D eigenvalue weighted by atomic mass is 10.0. The van der Waals surface area contributed by atoms with Gasteiger partial charge in [-0.15, -0.1) is 6.58 Å².